The van der Waals surface area contributed by atoms with Gasteiger partial charge in [0, 0.05) is 8.27 Å². The van der Waals surface area contributed by atoms with Crippen molar-refractivity contribution in [1.82, 2.24) is 10.6 Å². The van der Waals surface area contributed by atoms with Crippen molar-refractivity contribution in [1.29, 1.82) is 0 Å². The number of aliphatic hydroxyl groups excluding tert-OH is 1. The summed E-state index contributed by atoms with van der Waals surface area (Å²) >= 11 is 0. The quantitative estimate of drug-likeness (QED) is 0.430. The van der Waals surface area contributed by atoms with Gasteiger partial charge in [-0.05, 0) is 6.92 Å². The minimum atomic E-state index is -1.48. The first-order chi connectivity index (χ1) is 7.84. The SMILES string of the molecule is [2H]CC(=O)N([2H])[C@@H](C)C(=O)N[C@@H](CO)C(=O)O. The van der Waals surface area contributed by atoms with E-state index in [0.29, 0.717) is 5.31 Å². The number of carboxylic acid groups (broad SMARTS) is 1. The first-order valence-electron chi connectivity index (χ1n) is 5.24. The molecule has 2 amide bonds. The minimum absolute atomic E-state index is 0.290. The second kappa shape index (κ2) is 5.97. The summed E-state index contributed by atoms with van der Waals surface area (Å²) < 4.78 is 14.0. The molecule has 15 heavy (non-hydrogen) atoms. The van der Waals surface area contributed by atoms with Crippen LogP contribution in [-0.4, -0.2) is 46.7 Å². The molecule has 0 spiro atoms. The zero-order valence-corrected chi connectivity index (χ0v) is 8.14. The summed E-state index contributed by atoms with van der Waals surface area (Å²) in [6.45, 7) is -0.256. The van der Waals surface area contributed by atoms with Gasteiger partial charge in [0.25, 0.3) is 0 Å². The second-order valence-electron chi connectivity index (χ2n) is 2.78. The normalized spacial score (nSPS) is 15.6. The van der Waals surface area contributed by atoms with Gasteiger partial charge in [-0.3, -0.25) is 9.59 Å². The van der Waals surface area contributed by atoms with Crippen molar-refractivity contribution < 1.29 is 27.4 Å². The van der Waals surface area contributed by atoms with Crippen molar-refractivity contribution in [2.45, 2.75) is 25.9 Å². The summed E-state index contributed by atoms with van der Waals surface area (Å²) in [5.74, 6) is -3.19. The van der Waals surface area contributed by atoms with Crippen LogP contribution >= 0.6 is 0 Å². The molecule has 0 radical (unpaired) electrons. The Kier molecular flexibility index (Phi) is 3.94. The Bertz CT molecular complexity index is 312. The fourth-order valence-corrected chi connectivity index (χ4v) is 0.752. The lowest BCUT2D eigenvalue weighted by Crippen LogP contribution is -2.51. The zero-order valence-electron chi connectivity index (χ0n) is 10.1. The third kappa shape index (κ3) is 4.96. The van der Waals surface area contributed by atoms with Crippen molar-refractivity contribution in [2.24, 2.45) is 0 Å². The fraction of sp³-hybridized carbons (Fsp3) is 0.625. The number of aliphatic carboxylic acids is 1. The Morgan fingerprint density at radius 2 is 2.13 bits per heavy atom. The summed E-state index contributed by atoms with van der Waals surface area (Å²) in [7, 11) is 0. The molecule has 0 aromatic heterocycles. The molecule has 0 unspecified atom stereocenters. The van der Waals surface area contributed by atoms with Crippen molar-refractivity contribution in [3.8, 4) is 0 Å². The Hall–Kier alpha value is -1.63. The maximum atomic E-state index is 11.4. The Morgan fingerprint density at radius 3 is 2.53 bits per heavy atom. The number of aliphatic hydroxyl groups is 1. The monoisotopic (exact) mass is 220 g/mol. The molecule has 0 bridgehead atoms. The van der Waals surface area contributed by atoms with E-state index in [1.807, 2.05) is 5.32 Å². The van der Waals surface area contributed by atoms with Crippen molar-refractivity contribution in [2.75, 3.05) is 6.61 Å². The molecular formula is C8H14N2O5. The summed E-state index contributed by atoms with van der Waals surface area (Å²) in [5.41, 5.74) is 0. The molecule has 0 aliphatic heterocycles. The average Bonchev–Trinajstić information content (AvgIpc) is 2.32. The van der Waals surface area contributed by atoms with E-state index in [-0.39, 0.29) is 0 Å². The third-order valence-electron chi connectivity index (χ3n) is 1.51. The van der Waals surface area contributed by atoms with Gasteiger partial charge < -0.3 is 20.8 Å². The zero-order chi connectivity index (χ0) is 13.6. The lowest BCUT2D eigenvalue weighted by Gasteiger charge is -2.16. The van der Waals surface area contributed by atoms with E-state index in [1.54, 1.807) is 0 Å². The summed E-state index contributed by atoms with van der Waals surface area (Å²) in [6.07, 6.45) is 0. The molecule has 0 saturated heterocycles. The maximum absolute atomic E-state index is 11.4. The van der Waals surface area contributed by atoms with E-state index in [1.165, 1.54) is 6.92 Å². The minimum Gasteiger partial charge on any atom is -0.480 e. The highest BCUT2D eigenvalue weighted by Crippen LogP contribution is 1.87. The van der Waals surface area contributed by atoms with Gasteiger partial charge in [-0.15, -0.1) is 0 Å². The molecule has 0 heterocycles. The van der Waals surface area contributed by atoms with E-state index in [4.69, 9.17) is 13.0 Å². The molecule has 7 nitrogen and oxygen atoms in total. The van der Waals surface area contributed by atoms with Gasteiger partial charge in [0.15, 0.2) is 1.41 Å². The van der Waals surface area contributed by atoms with Gasteiger partial charge >= 0.3 is 5.97 Å². The Morgan fingerprint density at radius 1 is 1.53 bits per heavy atom. The lowest BCUT2D eigenvalue weighted by atomic mass is 10.2. The summed E-state index contributed by atoms with van der Waals surface area (Å²) in [6, 6.07) is -2.72. The van der Waals surface area contributed by atoms with E-state index in [9.17, 15) is 14.4 Å². The molecule has 4 N–H and O–H groups in total. The topological polar surface area (TPSA) is 116 Å². The van der Waals surface area contributed by atoms with Gasteiger partial charge in [-0.1, -0.05) is 0 Å². The van der Waals surface area contributed by atoms with Crippen molar-refractivity contribution in [3.63, 3.8) is 0 Å². The first-order valence-corrected chi connectivity index (χ1v) is 4.09. The molecule has 0 rings (SSSR count). The average molecular weight is 220 g/mol. The highest BCUT2D eigenvalue weighted by atomic mass is 16.4. The highest BCUT2D eigenvalue weighted by Gasteiger charge is 2.22. The van der Waals surface area contributed by atoms with Crippen LogP contribution in [0.25, 0.3) is 0 Å². The largest absolute Gasteiger partial charge is 0.480 e. The molecule has 7 heteroatoms. The van der Waals surface area contributed by atoms with Gasteiger partial charge in [-0.2, -0.15) is 0 Å². The molecule has 2 atom stereocenters. The molecule has 0 aromatic rings. The predicted octanol–water partition coefficient (Wildman–Crippen LogP) is -1.93. The van der Waals surface area contributed by atoms with Gasteiger partial charge in [0.2, 0.25) is 11.8 Å². The molecule has 0 fully saturated rings. The number of rotatable bonds is 5. The lowest BCUT2D eigenvalue weighted by molar-refractivity contribution is -0.143. The number of hydrogen-bond acceptors (Lipinski definition) is 4. The molecule has 86 valence electrons. The third-order valence-corrected chi connectivity index (χ3v) is 1.51. The van der Waals surface area contributed by atoms with Crippen LogP contribution < -0.4 is 10.6 Å². The van der Waals surface area contributed by atoms with Crippen LogP contribution in [0.1, 0.15) is 15.2 Å². The molecule has 0 aromatic carbocycles. The molecular weight excluding hydrogens is 204 g/mol. The van der Waals surface area contributed by atoms with Crippen LogP contribution in [-0.2, 0) is 14.4 Å². The van der Waals surface area contributed by atoms with E-state index in [2.05, 4.69) is 0 Å². The van der Waals surface area contributed by atoms with E-state index >= 15 is 0 Å². The number of nitrogens with one attached hydrogen (secondary N) is 2. The van der Waals surface area contributed by atoms with Crippen molar-refractivity contribution in [3.05, 3.63) is 0 Å². The van der Waals surface area contributed by atoms with Crippen LogP contribution in [0.15, 0.2) is 0 Å². The van der Waals surface area contributed by atoms with E-state index < -0.39 is 43.4 Å². The van der Waals surface area contributed by atoms with Crippen LogP contribution in [0, 0.1) is 0 Å². The summed E-state index contributed by atoms with van der Waals surface area (Å²) in [4.78, 5) is 32.9. The Labute approximate surface area is 89.3 Å². The number of amides is 2. The van der Waals surface area contributed by atoms with Gasteiger partial charge in [0.05, 0.1) is 6.61 Å². The molecule has 0 saturated carbocycles. The smallest absolute Gasteiger partial charge is 0.328 e. The maximum Gasteiger partial charge on any atom is 0.328 e. The van der Waals surface area contributed by atoms with Gasteiger partial charge in [0.1, 0.15) is 12.1 Å². The number of carbonyl (C=O) groups is 3. The van der Waals surface area contributed by atoms with Gasteiger partial charge in [-0.25, -0.2) is 4.79 Å². The summed E-state index contributed by atoms with van der Waals surface area (Å²) in [5, 5.41) is 19.5. The number of hydrogen-bond donors (Lipinski definition) is 4. The van der Waals surface area contributed by atoms with Crippen LogP contribution in [0.4, 0.5) is 0 Å². The predicted molar refractivity (Wildman–Crippen MR) is 49.9 cm³/mol. The second-order valence-corrected chi connectivity index (χ2v) is 2.78. The standard InChI is InChI=1S/C8H14N2O5/c1-4(9-5(2)12)7(13)10-6(3-11)8(14)15/h4,6,11H,3H2,1-2H3,(H,9,12)(H,10,13)(H,14,15)/t4-,6-/m0/s1/i2D/hD. The van der Waals surface area contributed by atoms with Crippen LogP contribution in [0.3, 0.4) is 0 Å². The number of carboxylic acids is 1. The highest BCUT2D eigenvalue weighted by molar-refractivity contribution is 5.89. The van der Waals surface area contributed by atoms with Crippen molar-refractivity contribution >= 4 is 17.8 Å². The van der Waals surface area contributed by atoms with Crippen LogP contribution in [0.5, 0.6) is 0 Å². The number of carbonyl (C=O) groups excluding carboxylic acids is 2. The fourth-order valence-electron chi connectivity index (χ4n) is 0.752. The molecule has 0 aliphatic carbocycles. The van der Waals surface area contributed by atoms with E-state index in [0.717, 1.165) is 0 Å². The Balaban J connectivity index is 4.50. The molecule has 0 aliphatic rings. The first kappa shape index (κ1) is 9.91. The van der Waals surface area contributed by atoms with Crippen LogP contribution in [0.2, 0.25) is 1.41 Å².